The second-order valence-corrected chi connectivity index (χ2v) is 5.62. The second kappa shape index (κ2) is 5.52. The molecule has 0 radical (unpaired) electrons. The Kier molecular flexibility index (Phi) is 3.57. The van der Waals surface area contributed by atoms with Crippen molar-refractivity contribution >= 4 is 10.8 Å². The summed E-state index contributed by atoms with van der Waals surface area (Å²) in [4.78, 5) is 11.8. The number of aromatic amines is 1. The fourth-order valence-electron chi connectivity index (χ4n) is 2.52. The monoisotopic (exact) mass is 278 g/mol. The Hall–Kier alpha value is -2.42. The molecule has 0 saturated carbocycles. The van der Waals surface area contributed by atoms with E-state index in [-0.39, 0.29) is 5.56 Å². The van der Waals surface area contributed by atoms with Crippen LogP contribution in [0.25, 0.3) is 10.8 Å². The molecule has 3 rings (SSSR count). The molecule has 2 aromatic carbocycles. The number of rotatable bonds is 3. The highest BCUT2D eigenvalue weighted by Gasteiger charge is 2.07. The first-order valence-corrected chi connectivity index (χ1v) is 7.20. The number of H-pyrrole nitrogens is 1. The van der Waals surface area contributed by atoms with Crippen LogP contribution in [0.4, 0.5) is 0 Å². The summed E-state index contributed by atoms with van der Waals surface area (Å²) >= 11 is 0. The molecular weight excluding hydrogens is 260 g/mol. The lowest BCUT2D eigenvalue weighted by molar-refractivity contribution is 0.864. The maximum atomic E-state index is 11.8. The number of benzene rings is 2. The van der Waals surface area contributed by atoms with Crippen molar-refractivity contribution in [2.75, 3.05) is 0 Å². The highest BCUT2D eigenvalue weighted by Crippen LogP contribution is 2.19. The third-order valence-electron chi connectivity index (χ3n) is 3.79. The van der Waals surface area contributed by atoms with E-state index in [1.807, 2.05) is 24.3 Å². The van der Waals surface area contributed by atoms with Crippen LogP contribution in [-0.2, 0) is 6.42 Å². The van der Waals surface area contributed by atoms with Crippen LogP contribution >= 0.6 is 0 Å². The van der Waals surface area contributed by atoms with Gasteiger partial charge in [0.1, 0.15) is 0 Å². The van der Waals surface area contributed by atoms with Crippen LogP contribution in [0, 0.1) is 0 Å². The smallest absolute Gasteiger partial charge is 0.267 e. The van der Waals surface area contributed by atoms with Gasteiger partial charge in [0.2, 0.25) is 0 Å². The number of fused-ring (bicyclic) bond motifs is 1. The molecule has 3 nitrogen and oxygen atoms in total. The summed E-state index contributed by atoms with van der Waals surface area (Å²) in [7, 11) is 0. The maximum absolute atomic E-state index is 11.8. The van der Waals surface area contributed by atoms with Crippen molar-refractivity contribution in [1.29, 1.82) is 0 Å². The molecule has 0 saturated heterocycles. The molecule has 106 valence electrons. The molecule has 0 fully saturated rings. The Balaban J connectivity index is 1.98. The molecule has 0 spiro atoms. The van der Waals surface area contributed by atoms with Crippen LogP contribution in [-0.4, -0.2) is 10.2 Å². The molecule has 1 heterocycles. The van der Waals surface area contributed by atoms with Gasteiger partial charge in [-0.3, -0.25) is 4.79 Å². The van der Waals surface area contributed by atoms with Gasteiger partial charge in [-0.1, -0.05) is 56.3 Å². The SMILES string of the molecule is CC(C)c1ccc(Cc2n[nH]c(=O)c3ccccc23)cc1. The number of nitrogens with one attached hydrogen (secondary N) is 1. The second-order valence-electron chi connectivity index (χ2n) is 5.62. The van der Waals surface area contributed by atoms with Crippen molar-refractivity contribution in [1.82, 2.24) is 10.2 Å². The van der Waals surface area contributed by atoms with E-state index in [1.165, 1.54) is 11.1 Å². The van der Waals surface area contributed by atoms with Crippen LogP contribution in [0.5, 0.6) is 0 Å². The first-order valence-electron chi connectivity index (χ1n) is 7.20. The van der Waals surface area contributed by atoms with Crippen molar-refractivity contribution < 1.29 is 0 Å². The van der Waals surface area contributed by atoms with Crippen LogP contribution in [0.2, 0.25) is 0 Å². The predicted octanol–water partition coefficient (Wildman–Crippen LogP) is 3.64. The van der Waals surface area contributed by atoms with E-state index in [0.717, 1.165) is 17.5 Å². The zero-order valence-electron chi connectivity index (χ0n) is 12.3. The topological polar surface area (TPSA) is 45.8 Å². The standard InChI is InChI=1S/C18H18N2O/c1-12(2)14-9-7-13(8-10-14)11-17-15-5-3-4-6-16(15)18(21)20-19-17/h3-10,12H,11H2,1-2H3,(H,20,21). The Morgan fingerprint density at radius 3 is 2.33 bits per heavy atom. The Morgan fingerprint density at radius 1 is 1.00 bits per heavy atom. The van der Waals surface area contributed by atoms with Crippen molar-refractivity contribution in [2.45, 2.75) is 26.2 Å². The molecule has 3 aromatic rings. The number of aromatic nitrogens is 2. The lowest BCUT2D eigenvalue weighted by Gasteiger charge is -2.08. The van der Waals surface area contributed by atoms with Gasteiger partial charge in [-0.15, -0.1) is 0 Å². The van der Waals surface area contributed by atoms with Crippen molar-refractivity contribution in [2.24, 2.45) is 0 Å². The predicted molar refractivity (Wildman–Crippen MR) is 85.7 cm³/mol. The Labute approximate surface area is 123 Å². The molecule has 1 N–H and O–H groups in total. The minimum atomic E-state index is -0.135. The van der Waals surface area contributed by atoms with E-state index in [9.17, 15) is 4.79 Å². The molecule has 0 aliphatic heterocycles. The molecule has 0 bridgehead atoms. The van der Waals surface area contributed by atoms with Crippen molar-refractivity contribution in [3.63, 3.8) is 0 Å². The molecule has 0 aliphatic carbocycles. The van der Waals surface area contributed by atoms with Gasteiger partial charge in [0.15, 0.2) is 0 Å². The van der Waals surface area contributed by atoms with Gasteiger partial charge in [-0.2, -0.15) is 5.10 Å². The van der Waals surface area contributed by atoms with Gasteiger partial charge in [-0.05, 0) is 23.1 Å². The lowest BCUT2D eigenvalue weighted by Crippen LogP contribution is -2.11. The van der Waals surface area contributed by atoms with Gasteiger partial charge in [0, 0.05) is 11.8 Å². The zero-order valence-corrected chi connectivity index (χ0v) is 12.3. The van der Waals surface area contributed by atoms with Crippen LogP contribution < -0.4 is 5.56 Å². The van der Waals surface area contributed by atoms with Crippen LogP contribution in [0.1, 0.15) is 36.6 Å². The molecular formula is C18H18N2O. The minimum Gasteiger partial charge on any atom is -0.267 e. The van der Waals surface area contributed by atoms with Gasteiger partial charge in [0.25, 0.3) is 5.56 Å². The first kappa shape index (κ1) is 13.6. The van der Waals surface area contributed by atoms with Gasteiger partial charge < -0.3 is 0 Å². The number of hydrogen-bond acceptors (Lipinski definition) is 2. The fraction of sp³-hybridized carbons (Fsp3) is 0.222. The third-order valence-corrected chi connectivity index (χ3v) is 3.79. The maximum Gasteiger partial charge on any atom is 0.272 e. The normalized spacial score (nSPS) is 11.2. The van der Waals surface area contributed by atoms with Crippen molar-refractivity contribution in [3.05, 3.63) is 75.7 Å². The van der Waals surface area contributed by atoms with E-state index < -0.39 is 0 Å². The molecule has 0 aliphatic rings. The summed E-state index contributed by atoms with van der Waals surface area (Å²) in [5.41, 5.74) is 3.30. The van der Waals surface area contributed by atoms with Gasteiger partial charge >= 0.3 is 0 Å². The van der Waals surface area contributed by atoms with E-state index in [0.29, 0.717) is 11.3 Å². The molecule has 21 heavy (non-hydrogen) atoms. The third kappa shape index (κ3) is 2.72. The lowest BCUT2D eigenvalue weighted by atomic mass is 9.99. The number of nitrogens with zero attached hydrogens (tertiary/aromatic N) is 1. The van der Waals surface area contributed by atoms with Crippen LogP contribution in [0.15, 0.2) is 53.3 Å². The zero-order chi connectivity index (χ0) is 14.8. The summed E-state index contributed by atoms with van der Waals surface area (Å²) in [5.74, 6) is 0.533. The first-order chi connectivity index (χ1) is 10.1. The molecule has 0 unspecified atom stereocenters. The fourth-order valence-corrected chi connectivity index (χ4v) is 2.52. The number of hydrogen-bond donors (Lipinski definition) is 1. The Bertz CT molecular complexity index is 816. The van der Waals surface area contributed by atoms with Gasteiger partial charge in [-0.25, -0.2) is 5.10 Å². The molecule has 1 aromatic heterocycles. The molecule has 0 atom stereocenters. The van der Waals surface area contributed by atoms with E-state index in [4.69, 9.17) is 0 Å². The quantitative estimate of drug-likeness (QED) is 0.795. The minimum absolute atomic E-state index is 0.135. The Morgan fingerprint density at radius 2 is 1.67 bits per heavy atom. The summed E-state index contributed by atoms with van der Waals surface area (Å²) < 4.78 is 0. The van der Waals surface area contributed by atoms with E-state index >= 15 is 0 Å². The molecule has 0 amide bonds. The highest BCUT2D eigenvalue weighted by molar-refractivity contribution is 5.83. The average Bonchev–Trinajstić information content (AvgIpc) is 2.51. The average molecular weight is 278 g/mol. The van der Waals surface area contributed by atoms with Gasteiger partial charge in [0.05, 0.1) is 11.1 Å². The summed E-state index contributed by atoms with van der Waals surface area (Å²) in [6.45, 7) is 4.37. The van der Waals surface area contributed by atoms with Crippen LogP contribution in [0.3, 0.4) is 0 Å². The van der Waals surface area contributed by atoms with Crippen molar-refractivity contribution in [3.8, 4) is 0 Å². The summed E-state index contributed by atoms with van der Waals surface area (Å²) in [6, 6.07) is 16.2. The summed E-state index contributed by atoms with van der Waals surface area (Å²) in [6.07, 6.45) is 0.718. The highest BCUT2D eigenvalue weighted by atomic mass is 16.1. The van der Waals surface area contributed by atoms with E-state index in [2.05, 4.69) is 48.3 Å². The molecule has 3 heteroatoms. The summed E-state index contributed by atoms with van der Waals surface area (Å²) in [5, 5.41) is 8.43. The largest absolute Gasteiger partial charge is 0.272 e. The van der Waals surface area contributed by atoms with E-state index in [1.54, 1.807) is 0 Å².